The Labute approximate surface area is 163 Å². The van der Waals surface area contributed by atoms with Gasteiger partial charge >= 0.3 is 18.0 Å². The van der Waals surface area contributed by atoms with Gasteiger partial charge < -0.3 is 20.8 Å². The minimum atomic E-state index is -1.53. The average molecular weight is 396 g/mol. The van der Waals surface area contributed by atoms with Crippen molar-refractivity contribution >= 4 is 37.4 Å². The number of hydrogen-bond donors (Lipinski definition) is 4. The predicted molar refractivity (Wildman–Crippen MR) is 110 cm³/mol. The molecule has 0 unspecified atom stereocenters. The van der Waals surface area contributed by atoms with E-state index in [4.69, 9.17) is 10.2 Å². The zero-order valence-corrected chi connectivity index (χ0v) is 16.7. The Bertz CT molecular complexity index is 967. The van der Waals surface area contributed by atoms with Crippen molar-refractivity contribution in [3.05, 3.63) is 59.2 Å². The summed E-state index contributed by atoms with van der Waals surface area (Å²) in [5, 5.41) is 23.3. The molecular formula is C20H20N2O5Si. The summed E-state index contributed by atoms with van der Waals surface area (Å²) in [5.41, 5.74) is 4.10. The van der Waals surface area contributed by atoms with Crippen LogP contribution in [0.4, 0.5) is 16.2 Å². The summed E-state index contributed by atoms with van der Waals surface area (Å²) < 4.78 is 0. The number of nitrogens with one attached hydrogen (secondary N) is 2. The molecule has 0 aliphatic carbocycles. The summed E-state index contributed by atoms with van der Waals surface area (Å²) >= 11 is 0. The molecule has 4 N–H and O–H groups in total. The standard InChI is InChI=1S/C20H20N2O5Si/c1-28(2,3)8-7-13-5-4-6-16(9-13)21-20(27)22-17-11-14(18(23)24)10-15(12-17)19(25)26/h4-6,9-12H,1-3H3,(H,23,24)(H,25,26)(H2,21,22,27). The van der Waals surface area contributed by atoms with Crippen molar-refractivity contribution in [2.45, 2.75) is 19.6 Å². The number of rotatable bonds is 4. The molecule has 2 rings (SSSR count). The van der Waals surface area contributed by atoms with Gasteiger partial charge in [-0.15, -0.1) is 5.54 Å². The first-order chi connectivity index (χ1) is 13.0. The number of anilines is 2. The van der Waals surface area contributed by atoms with Crippen molar-refractivity contribution in [3.63, 3.8) is 0 Å². The first-order valence-electron chi connectivity index (χ1n) is 8.36. The number of urea groups is 1. The van der Waals surface area contributed by atoms with E-state index in [1.54, 1.807) is 18.2 Å². The summed E-state index contributed by atoms with van der Waals surface area (Å²) in [6.45, 7) is 6.39. The van der Waals surface area contributed by atoms with Crippen LogP contribution in [0.15, 0.2) is 42.5 Å². The van der Waals surface area contributed by atoms with Gasteiger partial charge in [-0.05, 0) is 36.4 Å². The Morgan fingerprint density at radius 2 is 1.43 bits per heavy atom. The van der Waals surface area contributed by atoms with Crippen LogP contribution in [0.1, 0.15) is 26.3 Å². The second-order valence-corrected chi connectivity index (χ2v) is 11.8. The van der Waals surface area contributed by atoms with Gasteiger partial charge in [0.2, 0.25) is 0 Å². The Hall–Kier alpha value is -3.57. The van der Waals surface area contributed by atoms with E-state index in [-0.39, 0.29) is 16.8 Å². The fraction of sp³-hybridized carbons (Fsp3) is 0.150. The van der Waals surface area contributed by atoms with Crippen molar-refractivity contribution < 1.29 is 24.6 Å². The molecule has 0 atom stereocenters. The van der Waals surface area contributed by atoms with Crippen LogP contribution in [0, 0.1) is 11.5 Å². The minimum absolute atomic E-state index is 0.0597. The lowest BCUT2D eigenvalue weighted by Gasteiger charge is -2.10. The summed E-state index contributed by atoms with van der Waals surface area (Å²) in [6, 6.07) is 9.78. The quantitative estimate of drug-likeness (QED) is 0.461. The summed E-state index contributed by atoms with van der Waals surface area (Å²) in [6.07, 6.45) is 0. The molecule has 0 aliphatic heterocycles. The van der Waals surface area contributed by atoms with Crippen molar-refractivity contribution in [2.24, 2.45) is 0 Å². The largest absolute Gasteiger partial charge is 0.478 e. The number of carboxylic acids is 2. The number of carbonyl (C=O) groups is 3. The van der Waals surface area contributed by atoms with Gasteiger partial charge in [0, 0.05) is 16.9 Å². The molecule has 0 aliphatic rings. The first-order valence-corrected chi connectivity index (χ1v) is 11.9. The van der Waals surface area contributed by atoms with E-state index in [2.05, 4.69) is 41.7 Å². The lowest BCUT2D eigenvalue weighted by Crippen LogP contribution is -2.20. The van der Waals surface area contributed by atoms with Gasteiger partial charge in [0.25, 0.3) is 0 Å². The van der Waals surface area contributed by atoms with E-state index >= 15 is 0 Å². The maximum atomic E-state index is 12.2. The van der Waals surface area contributed by atoms with E-state index in [0.29, 0.717) is 5.69 Å². The molecule has 2 aromatic carbocycles. The zero-order valence-electron chi connectivity index (χ0n) is 15.7. The lowest BCUT2D eigenvalue weighted by molar-refractivity contribution is 0.0696. The number of hydrogen-bond acceptors (Lipinski definition) is 3. The third-order valence-electron chi connectivity index (χ3n) is 3.39. The van der Waals surface area contributed by atoms with Gasteiger partial charge in [0.1, 0.15) is 8.07 Å². The minimum Gasteiger partial charge on any atom is -0.478 e. The van der Waals surface area contributed by atoms with E-state index in [1.165, 1.54) is 12.1 Å². The number of benzene rings is 2. The first kappa shape index (κ1) is 20.7. The normalized spacial score (nSPS) is 10.4. The molecule has 0 heterocycles. The maximum Gasteiger partial charge on any atom is 0.335 e. The molecule has 8 heteroatoms. The molecule has 0 fully saturated rings. The summed E-state index contributed by atoms with van der Waals surface area (Å²) in [5.74, 6) is 0.514. The second kappa shape index (κ2) is 8.41. The number of carbonyl (C=O) groups excluding carboxylic acids is 1. The Morgan fingerprint density at radius 1 is 0.857 bits per heavy atom. The van der Waals surface area contributed by atoms with Crippen LogP contribution >= 0.6 is 0 Å². The van der Waals surface area contributed by atoms with Crippen LogP contribution < -0.4 is 10.6 Å². The third kappa shape index (κ3) is 6.30. The fourth-order valence-electron chi connectivity index (χ4n) is 2.17. The Kier molecular flexibility index (Phi) is 6.23. The molecule has 144 valence electrons. The van der Waals surface area contributed by atoms with Gasteiger partial charge in [-0.25, -0.2) is 14.4 Å². The smallest absolute Gasteiger partial charge is 0.335 e. The van der Waals surface area contributed by atoms with Crippen LogP contribution in [-0.4, -0.2) is 36.3 Å². The van der Waals surface area contributed by atoms with E-state index in [9.17, 15) is 14.4 Å². The molecule has 2 amide bonds. The van der Waals surface area contributed by atoms with Crippen molar-refractivity contribution in [2.75, 3.05) is 10.6 Å². The predicted octanol–water partition coefficient (Wildman–Crippen LogP) is 3.96. The highest BCUT2D eigenvalue weighted by molar-refractivity contribution is 6.83. The number of amides is 2. The van der Waals surface area contributed by atoms with Gasteiger partial charge in [-0.3, -0.25) is 0 Å². The maximum absolute atomic E-state index is 12.2. The highest BCUT2D eigenvalue weighted by Gasteiger charge is 2.13. The van der Waals surface area contributed by atoms with Crippen LogP contribution in [0.5, 0.6) is 0 Å². The van der Waals surface area contributed by atoms with E-state index < -0.39 is 26.0 Å². The SMILES string of the molecule is C[Si](C)(C)C#Cc1cccc(NC(=O)Nc2cc(C(=O)O)cc(C(=O)O)c2)c1. The van der Waals surface area contributed by atoms with E-state index in [1.807, 2.05) is 6.07 Å². The molecule has 0 saturated carbocycles. The third-order valence-corrected chi connectivity index (χ3v) is 4.26. The molecule has 0 saturated heterocycles. The molecule has 0 radical (unpaired) electrons. The fourth-order valence-corrected chi connectivity index (χ4v) is 2.69. The number of carboxylic acid groups (broad SMARTS) is 2. The van der Waals surface area contributed by atoms with Crippen LogP contribution in [0.3, 0.4) is 0 Å². The van der Waals surface area contributed by atoms with Crippen molar-refractivity contribution in [3.8, 4) is 11.5 Å². The lowest BCUT2D eigenvalue weighted by atomic mass is 10.1. The molecule has 0 aromatic heterocycles. The molecule has 28 heavy (non-hydrogen) atoms. The molecule has 0 spiro atoms. The molecule has 0 bridgehead atoms. The summed E-state index contributed by atoms with van der Waals surface area (Å²) in [7, 11) is -1.53. The molecule has 7 nitrogen and oxygen atoms in total. The zero-order chi connectivity index (χ0) is 20.9. The van der Waals surface area contributed by atoms with Crippen molar-refractivity contribution in [1.29, 1.82) is 0 Å². The highest BCUT2D eigenvalue weighted by Crippen LogP contribution is 2.17. The monoisotopic (exact) mass is 396 g/mol. The topological polar surface area (TPSA) is 116 Å². The molecular weight excluding hydrogens is 376 g/mol. The van der Waals surface area contributed by atoms with Crippen LogP contribution in [0.25, 0.3) is 0 Å². The highest BCUT2D eigenvalue weighted by atomic mass is 28.3. The Balaban J connectivity index is 2.17. The van der Waals surface area contributed by atoms with Crippen LogP contribution in [0.2, 0.25) is 19.6 Å². The van der Waals surface area contributed by atoms with Gasteiger partial charge in [-0.2, -0.15) is 0 Å². The Morgan fingerprint density at radius 3 is 1.96 bits per heavy atom. The van der Waals surface area contributed by atoms with Gasteiger partial charge in [0.05, 0.1) is 11.1 Å². The van der Waals surface area contributed by atoms with Gasteiger partial charge in [0.15, 0.2) is 0 Å². The van der Waals surface area contributed by atoms with E-state index in [0.717, 1.165) is 11.6 Å². The average Bonchev–Trinajstić information content (AvgIpc) is 2.59. The second-order valence-electron chi connectivity index (χ2n) is 7.07. The summed E-state index contributed by atoms with van der Waals surface area (Å²) in [4.78, 5) is 34.5. The van der Waals surface area contributed by atoms with Gasteiger partial charge in [-0.1, -0.05) is 31.6 Å². The van der Waals surface area contributed by atoms with Crippen LogP contribution in [-0.2, 0) is 0 Å². The van der Waals surface area contributed by atoms with Crippen molar-refractivity contribution in [1.82, 2.24) is 0 Å². The molecule has 2 aromatic rings. The number of aromatic carboxylic acids is 2.